The average molecular weight is 366 g/mol. The van der Waals surface area contributed by atoms with Crippen LogP contribution in [0.1, 0.15) is 12.5 Å². The molecule has 0 aliphatic carbocycles. The van der Waals surface area contributed by atoms with E-state index in [1.807, 2.05) is 12.1 Å². The van der Waals surface area contributed by atoms with Gasteiger partial charge in [0.1, 0.15) is 5.52 Å². The molecular formula is C17H13F3N2O2S. The molecule has 0 aliphatic rings. The fraction of sp³-hybridized carbons (Fsp3) is 0.176. The zero-order chi connectivity index (χ0) is 18.0. The van der Waals surface area contributed by atoms with Gasteiger partial charge in [0.15, 0.2) is 5.58 Å². The number of para-hydroxylation sites is 2. The number of hydrogen-bond donors (Lipinski definition) is 1. The smallest absolute Gasteiger partial charge is 0.416 e. The summed E-state index contributed by atoms with van der Waals surface area (Å²) in [5, 5.41) is 2.21. The van der Waals surface area contributed by atoms with E-state index in [2.05, 4.69) is 10.3 Å². The van der Waals surface area contributed by atoms with E-state index in [0.29, 0.717) is 16.3 Å². The third kappa shape index (κ3) is 4.14. The molecule has 130 valence electrons. The van der Waals surface area contributed by atoms with E-state index in [4.69, 9.17) is 4.42 Å². The van der Waals surface area contributed by atoms with Crippen LogP contribution in [0.5, 0.6) is 0 Å². The van der Waals surface area contributed by atoms with Crippen LogP contribution < -0.4 is 5.32 Å². The molecule has 0 saturated heterocycles. The molecule has 1 heterocycles. The summed E-state index contributed by atoms with van der Waals surface area (Å²) in [7, 11) is 0. The third-order valence-electron chi connectivity index (χ3n) is 3.38. The van der Waals surface area contributed by atoms with Crippen LogP contribution in [0.3, 0.4) is 0 Å². The lowest BCUT2D eigenvalue weighted by molar-refractivity contribution is -0.137. The Morgan fingerprint density at radius 3 is 2.68 bits per heavy atom. The molecule has 0 spiro atoms. The largest absolute Gasteiger partial charge is 0.431 e. The maximum absolute atomic E-state index is 12.7. The average Bonchev–Trinajstić information content (AvgIpc) is 2.96. The molecule has 3 aromatic rings. The highest BCUT2D eigenvalue weighted by Gasteiger charge is 2.30. The van der Waals surface area contributed by atoms with E-state index in [-0.39, 0.29) is 5.69 Å². The van der Waals surface area contributed by atoms with E-state index < -0.39 is 22.9 Å². The number of nitrogens with zero attached hydrogens (tertiary/aromatic N) is 1. The first-order valence-corrected chi connectivity index (χ1v) is 8.21. The first-order valence-electron chi connectivity index (χ1n) is 7.33. The SMILES string of the molecule is C[C@@H](Sc1nc2ccccc2o1)C(=O)Nc1cccc(C(F)(F)F)c1. The maximum atomic E-state index is 12.7. The molecule has 3 rings (SSSR count). The number of hydrogen-bond acceptors (Lipinski definition) is 4. The Morgan fingerprint density at radius 1 is 1.20 bits per heavy atom. The number of nitrogens with one attached hydrogen (secondary N) is 1. The monoisotopic (exact) mass is 366 g/mol. The predicted molar refractivity (Wildman–Crippen MR) is 89.4 cm³/mol. The van der Waals surface area contributed by atoms with Gasteiger partial charge in [-0.2, -0.15) is 13.2 Å². The lowest BCUT2D eigenvalue weighted by Crippen LogP contribution is -2.22. The van der Waals surface area contributed by atoms with Gasteiger partial charge in [-0.3, -0.25) is 4.79 Å². The lowest BCUT2D eigenvalue weighted by Gasteiger charge is -2.12. The Hall–Kier alpha value is -2.48. The number of carbonyl (C=O) groups is 1. The summed E-state index contributed by atoms with van der Waals surface area (Å²) in [4.78, 5) is 16.5. The zero-order valence-electron chi connectivity index (χ0n) is 13.0. The number of aromatic nitrogens is 1. The second-order valence-corrected chi connectivity index (χ2v) is 6.57. The molecule has 0 saturated carbocycles. The minimum atomic E-state index is -4.46. The summed E-state index contributed by atoms with van der Waals surface area (Å²) in [6.45, 7) is 1.63. The molecule has 0 radical (unpaired) electrons. The summed E-state index contributed by atoms with van der Waals surface area (Å²) in [6, 6.07) is 11.7. The van der Waals surface area contributed by atoms with E-state index in [9.17, 15) is 18.0 Å². The number of thioether (sulfide) groups is 1. The van der Waals surface area contributed by atoms with Crippen molar-refractivity contribution in [2.24, 2.45) is 0 Å². The van der Waals surface area contributed by atoms with E-state index in [1.54, 1.807) is 19.1 Å². The molecule has 0 aliphatic heterocycles. The fourth-order valence-electron chi connectivity index (χ4n) is 2.12. The highest BCUT2D eigenvalue weighted by Crippen LogP contribution is 2.31. The van der Waals surface area contributed by atoms with Crippen molar-refractivity contribution >= 4 is 34.5 Å². The number of carbonyl (C=O) groups excluding carboxylic acids is 1. The van der Waals surface area contributed by atoms with Crippen LogP contribution in [0.4, 0.5) is 18.9 Å². The Labute approximate surface area is 145 Å². The molecule has 1 amide bonds. The Kier molecular flexibility index (Phi) is 4.71. The Bertz CT molecular complexity index is 875. The van der Waals surface area contributed by atoms with Crippen molar-refractivity contribution in [3.8, 4) is 0 Å². The van der Waals surface area contributed by atoms with Gasteiger partial charge >= 0.3 is 6.18 Å². The van der Waals surface area contributed by atoms with Crippen molar-refractivity contribution in [2.75, 3.05) is 5.32 Å². The highest BCUT2D eigenvalue weighted by atomic mass is 32.2. The van der Waals surface area contributed by atoms with Crippen molar-refractivity contribution in [1.29, 1.82) is 0 Å². The molecule has 25 heavy (non-hydrogen) atoms. The summed E-state index contributed by atoms with van der Waals surface area (Å²) in [6.07, 6.45) is -4.46. The van der Waals surface area contributed by atoms with E-state index in [0.717, 1.165) is 23.9 Å². The number of alkyl halides is 3. The highest BCUT2D eigenvalue weighted by molar-refractivity contribution is 8.00. The zero-order valence-corrected chi connectivity index (χ0v) is 13.8. The molecule has 8 heteroatoms. The van der Waals surface area contributed by atoms with Crippen LogP contribution in [-0.2, 0) is 11.0 Å². The van der Waals surface area contributed by atoms with Gasteiger partial charge in [-0.05, 0) is 37.3 Å². The summed E-state index contributed by atoms with van der Waals surface area (Å²) >= 11 is 1.09. The number of anilines is 1. The van der Waals surface area contributed by atoms with Crippen molar-refractivity contribution < 1.29 is 22.4 Å². The minimum Gasteiger partial charge on any atom is -0.431 e. The topological polar surface area (TPSA) is 55.1 Å². The van der Waals surface area contributed by atoms with Gasteiger partial charge < -0.3 is 9.73 Å². The first kappa shape index (κ1) is 17.3. The van der Waals surface area contributed by atoms with Crippen LogP contribution >= 0.6 is 11.8 Å². The number of amides is 1. The Balaban J connectivity index is 1.68. The Morgan fingerprint density at radius 2 is 1.96 bits per heavy atom. The molecule has 4 nitrogen and oxygen atoms in total. The number of benzene rings is 2. The fourth-order valence-corrected chi connectivity index (χ4v) is 2.88. The standard InChI is InChI=1S/C17H13F3N2O2S/c1-10(25-16-22-13-7-2-3-8-14(13)24-16)15(23)21-12-6-4-5-11(9-12)17(18,19)20/h2-10H,1H3,(H,21,23)/t10-/m1/s1. The van der Waals surface area contributed by atoms with Crippen LogP contribution in [0.2, 0.25) is 0 Å². The van der Waals surface area contributed by atoms with Gasteiger partial charge in [-0.25, -0.2) is 4.98 Å². The van der Waals surface area contributed by atoms with Gasteiger partial charge in [0.2, 0.25) is 5.91 Å². The second-order valence-electron chi connectivity index (χ2n) is 5.28. The lowest BCUT2D eigenvalue weighted by atomic mass is 10.2. The van der Waals surface area contributed by atoms with Gasteiger partial charge in [0, 0.05) is 5.69 Å². The first-order chi connectivity index (χ1) is 11.8. The molecule has 1 N–H and O–H groups in total. The van der Waals surface area contributed by atoms with Crippen molar-refractivity contribution in [1.82, 2.24) is 4.98 Å². The molecule has 0 fully saturated rings. The van der Waals surface area contributed by atoms with Crippen LogP contribution in [-0.4, -0.2) is 16.1 Å². The van der Waals surface area contributed by atoms with Crippen molar-refractivity contribution in [3.63, 3.8) is 0 Å². The van der Waals surface area contributed by atoms with Crippen LogP contribution in [0, 0.1) is 0 Å². The van der Waals surface area contributed by atoms with E-state index >= 15 is 0 Å². The number of rotatable bonds is 4. The van der Waals surface area contributed by atoms with Gasteiger partial charge in [0.05, 0.1) is 10.8 Å². The molecule has 1 aromatic heterocycles. The van der Waals surface area contributed by atoms with Crippen molar-refractivity contribution in [3.05, 3.63) is 54.1 Å². The van der Waals surface area contributed by atoms with Gasteiger partial charge in [-0.1, -0.05) is 30.0 Å². The quantitative estimate of drug-likeness (QED) is 0.663. The number of halogens is 3. The van der Waals surface area contributed by atoms with Crippen LogP contribution in [0.15, 0.2) is 58.2 Å². The number of fused-ring (bicyclic) bond motifs is 1. The van der Waals surface area contributed by atoms with Crippen LogP contribution in [0.25, 0.3) is 11.1 Å². The summed E-state index contributed by atoms with van der Waals surface area (Å²) < 4.78 is 43.7. The molecule has 0 unspecified atom stereocenters. The third-order valence-corrected chi connectivity index (χ3v) is 4.32. The predicted octanol–water partition coefficient (Wildman–Crippen LogP) is 4.97. The maximum Gasteiger partial charge on any atom is 0.416 e. The summed E-state index contributed by atoms with van der Waals surface area (Å²) in [5.41, 5.74) is 0.556. The van der Waals surface area contributed by atoms with E-state index in [1.165, 1.54) is 12.1 Å². The normalized spacial score (nSPS) is 13.0. The minimum absolute atomic E-state index is 0.0878. The molecule has 0 bridgehead atoms. The second kappa shape index (κ2) is 6.79. The summed E-state index contributed by atoms with van der Waals surface area (Å²) in [5.74, 6) is -0.438. The van der Waals surface area contributed by atoms with Gasteiger partial charge in [-0.15, -0.1) is 0 Å². The molecule has 1 atom stereocenters. The number of oxazole rings is 1. The van der Waals surface area contributed by atoms with Gasteiger partial charge in [0.25, 0.3) is 5.22 Å². The van der Waals surface area contributed by atoms with Crippen molar-refractivity contribution in [2.45, 2.75) is 23.6 Å². The molecular weight excluding hydrogens is 353 g/mol. The molecule has 2 aromatic carbocycles.